The minimum atomic E-state index is -0.381. The maximum atomic E-state index is 12.7. The van der Waals surface area contributed by atoms with Crippen molar-refractivity contribution in [2.45, 2.75) is 32.0 Å². The molecule has 152 valence electrons. The van der Waals surface area contributed by atoms with E-state index in [1.165, 1.54) is 0 Å². The van der Waals surface area contributed by atoms with Gasteiger partial charge in [-0.2, -0.15) is 0 Å². The first-order chi connectivity index (χ1) is 13.9. The summed E-state index contributed by atoms with van der Waals surface area (Å²) in [4.78, 5) is 18.7. The number of carbonyl (C=O) groups excluding carboxylic acids is 1. The minimum Gasteiger partial charge on any atom is -0.493 e. The van der Waals surface area contributed by atoms with Gasteiger partial charge in [-0.1, -0.05) is 12.1 Å². The average Bonchev–Trinajstić information content (AvgIpc) is 2.71. The molecule has 0 radical (unpaired) electrons. The van der Waals surface area contributed by atoms with Crippen molar-refractivity contribution in [1.29, 1.82) is 0 Å². The average molecular weight is 394 g/mol. The zero-order valence-electron chi connectivity index (χ0n) is 17.1. The summed E-state index contributed by atoms with van der Waals surface area (Å²) in [6, 6.07) is 9.60. The number of nitrogens with zero attached hydrogens (tertiary/aromatic N) is 2. The molecule has 1 spiro atoms. The zero-order chi connectivity index (χ0) is 20.2. The van der Waals surface area contributed by atoms with Crippen molar-refractivity contribution in [3.8, 4) is 11.5 Å². The number of amides is 1. The van der Waals surface area contributed by atoms with Crippen LogP contribution in [0.5, 0.6) is 11.5 Å². The van der Waals surface area contributed by atoms with E-state index in [1.807, 2.05) is 23.1 Å². The Balaban J connectivity index is 1.36. The van der Waals surface area contributed by atoms with E-state index in [0.29, 0.717) is 25.3 Å². The maximum Gasteiger partial charge on any atom is 0.255 e. The number of benzene rings is 1. The maximum absolute atomic E-state index is 12.7. The van der Waals surface area contributed by atoms with Crippen molar-refractivity contribution in [2.24, 2.45) is 11.3 Å². The lowest BCUT2D eigenvalue weighted by molar-refractivity contribution is -0.192. The molecule has 3 aliphatic heterocycles. The first-order valence-corrected chi connectivity index (χ1v) is 10.1. The number of fused-ring (bicyclic) bond motifs is 3. The molecule has 2 aromatic rings. The van der Waals surface area contributed by atoms with Crippen molar-refractivity contribution >= 4 is 5.91 Å². The molecule has 2 saturated heterocycles. The third kappa shape index (κ3) is 2.89. The van der Waals surface area contributed by atoms with Gasteiger partial charge in [0.15, 0.2) is 11.5 Å². The van der Waals surface area contributed by atoms with E-state index in [1.54, 1.807) is 25.6 Å². The molecule has 2 atom stereocenters. The summed E-state index contributed by atoms with van der Waals surface area (Å²) < 4.78 is 18.4. The Bertz CT molecular complexity index is 937. The predicted octanol–water partition coefficient (Wildman–Crippen LogP) is 3.48. The smallest absolute Gasteiger partial charge is 0.255 e. The van der Waals surface area contributed by atoms with Crippen LogP contribution in [0.15, 0.2) is 42.7 Å². The summed E-state index contributed by atoms with van der Waals surface area (Å²) in [6.45, 7) is 6.33. The van der Waals surface area contributed by atoms with Gasteiger partial charge in [-0.05, 0) is 38.5 Å². The highest BCUT2D eigenvalue weighted by Crippen LogP contribution is 2.56. The topological polar surface area (TPSA) is 60.9 Å². The van der Waals surface area contributed by atoms with Gasteiger partial charge in [0.1, 0.15) is 5.60 Å². The molecule has 29 heavy (non-hydrogen) atoms. The third-order valence-corrected chi connectivity index (χ3v) is 6.63. The van der Waals surface area contributed by atoms with Gasteiger partial charge >= 0.3 is 0 Å². The van der Waals surface area contributed by atoms with Gasteiger partial charge in [0, 0.05) is 42.4 Å². The van der Waals surface area contributed by atoms with Crippen LogP contribution in [0.25, 0.3) is 0 Å². The Hall–Kier alpha value is -2.60. The summed E-state index contributed by atoms with van der Waals surface area (Å²) in [7, 11) is 1.66. The molecule has 0 unspecified atom stereocenters. The molecular weight excluding hydrogens is 368 g/mol. The number of pyridine rings is 1. The number of rotatable bonds is 2. The molecule has 5 rings (SSSR count). The first-order valence-electron chi connectivity index (χ1n) is 10.1. The highest BCUT2D eigenvalue weighted by molar-refractivity contribution is 5.94. The molecule has 6 heteroatoms. The highest BCUT2D eigenvalue weighted by atomic mass is 16.5. The van der Waals surface area contributed by atoms with E-state index in [-0.39, 0.29) is 28.9 Å². The Morgan fingerprint density at radius 3 is 2.79 bits per heavy atom. The largest absolute Gasteiger partial charge is 0.493 e. The number of hydrogen-bond donors (Lipinski definition) is 0. The molecular formula is C23H26N2O4. The van der Waals surface area contributed by atoms with Crippen molar-refractivity contribution in [3.63, 3.8) is 0 Å². The monoisotopic (exact) mass is 394 g/mol. The molecule has 4 heterocycles. The van der Waals surface area contributed by atoms with E-state index < -0.39 is 0 Å². The molecule has 0 bridgehead atoms. The van der Waals surface area contributed by atoms with Crippen LogP contribution in [0.4, 0.5) is 0 Å². The van der Waals surface area contributed by atoms with E-state index in [0.717, 1.165) is 23.5 Å². The van der Waals surface area contributed by atoms with Crippen molar-refractivity contribution in [1.82, 2.24) is 9.88 Å². The SMILES string of the molecule is COc1cccc2c1OC(C)(C)[C@H]1CC3(CO[C@H]21)CN(C(=O)c1cccnc1)C3. The van der Waals surface area contributed by atoms with Crippen LogP contribution in [0.2, 0.25) is 0 Å². The third-order valence-electron chi connectivity index (χ3n) is 6.63. The van der Waals surface area contributed by atoms with Crippen molar-refractivity contribution in [3.05, 3.63) is 53.9 Å². The summed E-state index contributed by atoms with van der Waals surface area (Å²) in [5, 5.41) is 0. The summed E-state index contributed by atoms with van der Waals surface area (Å²) in [5.41, 5.74) is 1.31. The summed E-state index contributed by atoms with van der Waals surface area (Å²) in [5.74, 6) is 1.79. The molecule has 0 saturated carbocycles. The number of methoxy groups -OCH3 is 1. The lowest BCUT2D eigenvalue weighted by atomic mass is 9.64. The van der Waals surface area contributed by atoms with Gasteiger partial charge in [0.2, 0.25) is 0 Å². The lowest BCUT2D eigenvalue weighted by Gasteiger charge is -2.58. The standard InChI is InChI=1S/C23H26N2O4/c1-22(2)17-10-23(12-25(13-23)21(26)15-6-5-9-24-11-15)14-28-19(17)16-7-4-8-18(27-3)20(16)29-22/h4-9,11,17,19H,10,12-14H2,1-3H3/t17-,19+/m0/s1. The Morgan fingerprint density at radius 1 is 1.24 bits per heavy atom. The zero-order valence-corrected chi connectivity index (χ0v) is 17.1. The second-order valence-electron chi connectivity index (χ2n) is 9.03. The van der Waals surface area contributed by atoms with E-state index >= 15 is 0 Å². The normalized spacial score (nSPS) is 26.0. The fourth-order valence-electron chi connectivity index (χ4n) is 5.10. The van der Waals surface area contributed by atoms with Crippen LogP contribution in [0.1, 0.15) is 42.3 Å². The number of aromatic nitrogens is 1. The molecule has 1 aromatic carbocycles. The second-order valence-corrected chi connectivity index (χ2v) is 9.03. The molecule has 1 aromatic heterocycles. The highest BCUT2D eigenvalue weighted by Gasteiger charge is 2.57. The van der Waals surface area contributed by atoms with Gasteiger partial charge in [-0.3, -0.25) is 9.78 Å². The van der Waals surface area contributed by atoms with Crippen molar-refractivity contribution < 1.29 is 19.0 Å². The van der Waals surface area contributed by atoms with Gasteiger partial charge < -0.3 is 19.1 Å². The van der Waals surface area contributed by atoms with Crippen LogP contribution in [-0.2, 0) is 4.74 Å². The Kier molecular flexibility index (Phi) is 4.10. The quantitative estimate of drug-likeness (QED) is 0.780. The lowest BCUT2D eigenvalue weighted by Crippen LogP contribution is -2.65. The summed E-state index contributed by atoms with van der Waals surface area (Å²) >= 11 is 0. The number of carbonyl (C=O) groups is 1. The molecule has 1 amide bonds. The van der Waals surface area contributed by atoms with Crippen LogP contribution in [0, 0.1) is 11.3 Å². The molecule has 2 fully saturated rings. The van der Waals surface area contributed by atoms with E-state index in [9.17, 15) is 4.79 Å². The second kappa shape index (κ2) is 6.46. The van der Waals surface area contributed by atoms with E-state index in [2.05, 4.69) is 24.9 Å². The first kappa shape index (κ1) is 18.4. The van der Waals surface area contributed by atoms with Gasteiger partial charge in [0.05, 0.1) is 25.4 Å². The molecule has 0 aliphatic carbocycles. The number of para-hydroxylation sites is 1. The van der Waals surface area contributed by atoms with Crippen LogP contribution in [0.3, 0.4) is 0 Å². The molecule has 3 aliphatic rings. The Labute approximate surface area is 170 Å². The van der Waals surface area contributed by atoms with Gasteiger partial charge in [0.25, 0.3) is 5.91 Å². The number of ether oxygens (including phenoxy) is 3. The Morgan fingerprint density at radius 2 is 2.07 bits per heavy atom. The fraction of sp³-hybridized carbons (Fsp3) is 0.478. The fourth-order valence-corrected chi connectivity index (χ4v) is 5.10. The number of likely N-dealkylation sites (tertiary alicyclic amines) is 1. The van der Waals surface area contributed by atoms with Gasteiger partial charge in [-0.25, -0.2) is 0 Å². The van der Waals surface area contributed by atoms with E-state index in [4.69, 9.17) is 14.2 Å². The predicted molar refractivity (Wildman–Crippen MR) is 107 cm³/mol. The summed E-state index contributed by atoms with van der Waals surface area (Å²) in [6.07, 6.45) is 4.26. The van der Waals surface area contributed by atoms with Gasteiger partial charge in [-0.15, -0.1) is 0 Å². The van der Waals surface area contributed by atoms with Crippen molar-refractivity contribution in [2.75, 3.05) is 26.8 Å². The van der Waals surface area contributed by atoms with Crippen LogP contribution in [-0.4, -0.2) is 48.2 Å². The molecule has 6 nitrogen and oxygen atoms in total. The molecule has 0 N–H and O–H groups in total. The minimum absolute atomic E-state index is 0.00393. The van der Waals surface area contributed by atoms with Crippen LogP contribution >= 0.6 is 0 Å². The number of hydrogen-bond acceptors (Lipinski definition) is 5. The van der Waals surface area contributed by atoms with Crippen LogP contribution < -0.4 is 9.47 Å².